The molecular formula is C28H33NO14. The Bertz CT molecular complexity index is 1380. The van der Waals surface area contributed by atoms with Gasteiger partial charge in [0.2, 0.25) is 6.10 Å². The Kier molecular flexibility index (Phi) is 7.89. The summed E-state index contributed by atoms with van der Waals surface area (Å²) in [5.41, 5.74) is -0.651. The van der Waals surface area contributed by atoms with Gasteiger partial charge in [0.15, 0.2) is 30.0 Å². The number of carbonyl (C=O) groups is 4. The van der Waals surface area contributed by atoms with Gasteiger partial charge < -0.3 is 54.5 Å². The second kappa shape index (κ2) is 11.1. The summed E-state index contributed by atoms with van der Waals surface area (Å²) in [5.74, 6) is -5.32. The number of aliphatic hydroxyl groups excluding tert-OH is 2. The summed E-state index contributed by atoms with van der Waals surface area (Å²) < 4.78 is 21.3. The lowest BCUT2D eigenvalue weighted by Gasteiger charge is -2.61. The second-order valence-electron chi connectivity index (χ2n) is 11.4. The lowest BCUT2D eigenvalue weighted by atomic mass is 9.50. The van der Waals surface area contributed by atoms with Gasteiger partial charge in [-0.15, -0.1) is 0 Å². The third-order valence-corrected chi connectivity index (χ3v) is 8.86. The zero-order valence-electron chi connectivity index (χ0n) is 23.3. The minimum absolute atomic E-state index is 0.0825. The number of aliphatic hydroxyl groups is 3. The molecular weight excluding hydrogens is 574 g/mol. The molecule has 1 saturated heterocycles. The van der Waals surface area contributed by atoms with Gasteiger partial charge in [0.05, 0.1) is 23.9 Å². The van der Waals surface area contributed by atoms with Crippen LogP contribution in [0.2, 0.25) is 0 Å². The van der Waals surface area contributed by atoms with Crippen molar-refractivity contribution in [1.29, 1.82) is 0 Å². The first kappa shape index (κ1) is 30.7. The monoisotopic (exact) mass is 607 g/mol. The van der Waals surface area contributed by atoms with E-state index in [4.69, 9.17) is 24.4 Å². The van der Waals surface area contributed by atoms with Crippen molar-refractivity contribution in [3.8, 4) is 11.5 Å². The van der Waals surface area contributed by atoms with Crippen molar-refractivity contribution in [2.75, 3.05) is 13.6 Å². The highest BCUT2D eigenvalue weighted by Gasteiger charge is 2.72. The summed E-state index contributed by atoms with van der Waals surface area (Å²) >= 11 is 0. The average Bonchev–Trinajstić information content (AvgIpc) is 3.29. The number of likely N-dealkylation sites (tertiary alicyclic amines) is 1. The van der Waals surface area contributed by atoms with Crippen LogP contribution in [0.4, 0.5) is 0 Å². The molecule has 4 aliphatic rings. The Morgan fingerprint density at radius 1 is 1.16 bits per heavy atom. The number of benzene rings is 1. The highest BCUT2D eigenvalue weighted by atomic mass is 16.6. The lowest BCUT2D eigenvalue weighted by molar-refractivity contribution is -0.207. The van der Waals surface area contributed by atoms with E-state index in [9.17, 15) is 39.6 Å². The van der Waals surface area contributed by atoms with Gasteiger partial charge in [-0.25, -0.2) is 9.59 Å². The zero-order chi connectivity index (χ0) is 31.4. The summed E-state index contributed by atoms with van der Waals surface area (Å²) in [5, 5.41) is 61.1. The number of hydrogen-bond donors (Lipinski definition) is 6. The van der Waals surface area contributed by atoms with Gasteiger partial charge in [0, 0.05) is 18.0 Å². The number of carboxylic acid groups (broad SMARTS) is 2. The number of hydrogen-bond acceptors (Lipinski definition) is 13. The van der Waals surface area contributed by atoms with Gasteiger partial charge >= 0.3 is 23.9 Å². The SMILES string of the molecule is C[C@H](OC(O)[C@@H](O)CC(=O)OC1=CC[C@@]2(O)[C@H]3Cc4ccc(O)c5c4C2(CCN3C)[C@H]1O5)C(=O)O[C@H](CC(=O)O)C(=O)O. The fourth-order valence-corrected chi connectivity index (χ4v) is 6.81. The Hall–Kier alpha value is -3.76. The highest BCUT2D eigenvalue weighted by molar-refractivity contribution is 5.83. The molecule has 0 amide bonds. The van der Waals surface area contributed by atoms with Crippen LogP contribution >= 0.6 is 0 Å². The van der Waals surface area contributed by atoms with Crippen molar-refractivity contribution in [2.24, 2.45) is 0 Å². The van der Waals surface area contributed by atoms with E-state index >= 15 is 0 Å². The van der Waals surface area contributed by atoms with E-state index in [1.807, 2.05) is 7.05 Å². The number of esters is 2. The molecule has 15 heteroatoms. The number of carboxylic acids is 2. The Morgan fingerprint density at radius 2 is 1.88 bits per heavy atom. The van der Waals surface area contributed by atoms with Crippen LogP contribution in [0, 0.1) is 0 Å². The normalized spacial score (nSPS) is 29.7. The summed E-state index contributed by atoms with van der Waals surface area (Å²) in [6, 6.07) is 3.08. The van der Waals surface area contributed by atoms with Crippen molar-refractivity contribution in [3.05, 3.63) is 35.1 Å². The van der Waals surface area contributed by atoms with Crippen molar-refractivity contribution < 1.29 is 68.8 Å². The van der Waals surface area contributed by atoms with Crippen molar-refractivity contribution >= 4 is 23.9 Å². The van der Waals surface area contributed by atoms with Crippen LogP contribution in [-0.2, 0) is 45.2 Å². The zero-order valence-corrected chi connectivity index (χ0v) is 23.3. The van der Waals surface area contributed by atoms with E-state index in [0.717, 1.165) is 12.5 Å². The summed E-state index contributed by atoms with van der Waals surface area (Å²) in [6.07, 6.45) is -7.71. The molecule has 1 aromatic rings. The number of likely N-dealkylation sites (N-methyl/N-ethyl adjacent to an activating group) is 1. The van der Waals surface area contributed by atoms with Crippen LogP contribution in [0.25, 0.3) is 0 Å². The van der Waals surface area contributed by atoms with E-state index in [2.05, 4.69) is 9.64 Å². The molecule has 8 atom stereocenters. The van der Waals surface area contributed by atoms with E-state index in [0.29, 0.717) is 24.9 Å². The van der Waals surface area contributed by atoms with Crippen LogP contribution < -0.4 is 4.74 Å². The number of carbonyl (C=O) groups excluding carboxylic acids is 2. The Balaban J connectivity index is 1.26. The molecule has 15 nitrogen and oxygen atoms in total. The van der Waals surface area contributed by atoms with Gasteiger partial charge in [-0.3, -0.25) is 9.59 Å². The number of phenolic OH excluding ortho intramolecular Hbond substituents is 1. The molecule has 5 rings (SSSR count). The fraction of sp³-hybridized carbons (Fsp3) is 0.571. The van der Waals surface area contributed by atoms with Gasteiger partial charge in [0.1, 0.15) is 11.9 Å². The first-order valence-corrected chi connectivity index (χ1v) is 13.7. The second-order valence-corrected chi connectivity index (χ2v) is 11.4. The quantitative estimate of drug-likeness (QED) is 0.133. The van der Waals surface area contributed by atoms with E-state index in [1.54, 1.807) is 12.1 Å². The maximum absolute atomic E-state index is 12.9. The summed E-state index contributed by atoms with van der Waals surface area (Å²) in [7, 11) is 1.93. The Labute approximate surface area is 244 Å². The van der Waals surface area contributed by atoms with Crippen LogP contribution in [0.3, 0.4) is 0 Å². The molecule has 0 radical (unpaired) electrons. The molecule has 43 heavy (non-hydrogen) atoms. The number of ether oxygens (including phenoxy) is 4. The number of nitrogens with zero attached hydrogens (tertiary/aromatic N) is 1. The molecule has 2 heterocycles. The Morgan fingerprint density at radius 3 is 2.56 bits per heavy atom. The minimum atomic E-state index is -2.11. The summed E-state index contributed by atoms with van der Waals surface area (Å²) in [4.78, 5) is 49.0. The number of aliphatic carboxylic acids is 2. The molecule has 1 aromatic carbocycles. The fourth-order valence-electron chi connectivity index (χ4n) is 6.81. The van der Waals surface area contributed by atoms with Crippen molar-refractivity contribution in [3.63, 3.8) is 0 Å². The van der Waals surface area contributed by atoms with Gasteiger partial charge in [-0.05, 0) is 51.1 Å². The molecule has 1 spiro atoms. The number of piperidine rings is 1. The maximum atomic E-state index is 12.9. The predicted molar refractivity (Wildman–Crippen MR) is 140 cm³/mol. The maximum Gasteiger partial charge on any atom is 0.345 e. The van der Waals surface area contributed by atoms with E-state index in [-0.39, 0.29) is 29.7 Å². The van der Waals surface area contributed by atoms with Crippen molar-refractivity contribution in [2.45, 2.75) is 86.8 Å². The van der Waals surface area contributed by atoms with E-state index in [1.165, 1.54) is 6.07 Å². The number of phenols is 1. The van der Waals surface area contributed by atoms with Gasteiger partial charge in [0.25, 0.3) is 0 Å². The third kappa shape index (κ3) is 5.00. The molecule has 2 bridgehead atoms. The summed E-state index contributed by atoms with van der Waals surface area (Å²) in [6.45, 7) is 1.69. The first-order chi connectivity index (χ1) is 20.2. The van der Waals surface area contributed by atoms with Gasteiger partial charge in [-0.2, -0.15) is 0 Å². The standard InChI is InChI=1S/C28H33NO14/c1-12(25(37)42-17(24(35)36)11-19(32)33)40-26(38)15(31)10-20(34)41-16-5-6-28(39)18-9-13-3-4-14(30)22-21(13)27(28,23(16)43-22)7-8-29(18)2/h3-5,12,15,17-18,23,26,30-31,38-39H,6-11H2,1-2H3,(H,32,33)(H,35,36)/t12-,15-,17+,18+,23-,26?,27?,28+/m0/s1. The van der Waals surface area contributed by atoms with Crippen LogP contribution in [0.1, 0.15) is 43.7 Å². The molecule has 2 aliphatic heterocycles. The van der Waals surface area contributed by atoms with E-state index < -0.39 is 78.4 Å². The number of aromatic hydroxyl groups is 1. The topological polar surface area (TPSA) is 230 Å². The molecule has 0 aromatic heterocycles. The van der Waals surface area contributed by atoms with Crippen molar-refractivity contribution in [1.82, 2.24) is 4.90 Å². The first-order valence-electron chi connectivity index (χ1n) is 13.7. The molecule has 0 saturated carbocycles. The van der Waals surface area contributed by atoms with Crippen LogP contribution in [-0.4, -0.2) is 115 Å². The van der Waals surface area contributed by atoms with Crippen LogP contribution in [0.5, 0.6) is 11.5 Å². The predicted octanol–water partition coefficient (Wildman–Crippen LogP) is -0.841. The lowest BCUT2D eigenvalue weighted by Crippen LogP contribution is -2.74. The smallest absolute Gasteiger partial charge is 0.345 e. The molecule has 1 fully saturated rings. The third-order valence-electron chi connectivity index (χ3n) is 8.86. The largest absolute Gasteiger partial charge is 0.504 e. The van der Waals surface area contributed by atoms with Gasteiger partial charge in [-0.1, -0.05) is 6.07 Å². The number of rotatable bonds is 11. The van der Waals surface area contributed by atoms with Crippen LogP contribution in [0.15, 0.2) is 24.0 Å². The molecule has 6 N–H and O–H groups in total. The minimum Gasteiger partial charge on any atom is -0.504 e. The average molecular weight is 608 g/mol. The molecule has 2 unspecified atom stereocenters. The molecule has 2 aliphatic carbocycles. The highest BCUT2D eigenvalue weighted by Crippen LogP contribution is 2.65. The molecule has 234 valence electrons.